The third-order valence-electron chi connectivity index (χ3n) is 5.07. The zero-order valence-corrected chi connectivity index (χ0v) is 13.5. The molecule has 2 aromatic rings. The van der Waals surface area contributed by atoms with E-state index in [1.807, 2.05) is 17.0 Å². The maximum Gasteiger partial charge on any atom is 0.270 e. The van der Waals surface area contributed by atoms with Gasteiger partial charge >= 0.3 is 0 Å². The van der Waals surface area contributed by atoms with Crippen LogP contribution < -0.4 is 0 Å². The molecule has 0 bridgehead atoms. The van der Waals surface area contributed by atoms with E-state index in [1.165, 1.54) is 11.1 Å². The second-order valence-electron chi connectivity index (χ2n) is 6.58. The van der Waals surface area contributed by atoms with Crippen LogP contribution in [0.2, 0.25) is 0 Å². The number of carbonyl (C=O) groups excluding carboxylic acids is 1. The standard InChI is InChI=1S/C18H24N2O2/c1-11-4-7-16-15(13(11)3)8-17(19-16)18(22)20-9-14(10-21)6-5-12(20)2/h4,7-8,12,14,19,21H,5-6,9-10H2,1-3H3. The molecule has 1 aliphatic rings. The molecule has 1 saturated heterocycles. The maximum absolute atomic E-state index is 12.9. The van der Waals surface area contributed by atoms with Crippen LogP contribution in [0.1, 0.15) is 41.4 Å². The number of H-pyrrole nitrogens is 1. The van der Waals surface area contributed by atoms with Gasteiger partial charge in [0.05, 0.1) is 0 Å². The van der Waals surface area contributed by atoms with Gasteiger partial charge in [-0.15, -0.1) is 0 Å². The van der Waals surface area contributed by atoms with Gasteiger partial charge in [0, 0.05) is 30.1 Å². The van der Waals surface area contributed by atoms with Crippen molar-refractivity contribution < 1.29 is 9.90 Å². The van der Waals surface area contributed by atoms with E-state index in [-0.39, 0.29) is 24.5 Å². The zero-order valence-electron chi connectivity index (χ0n) is 13.5. The Morgan fingerprint density at radius 3 is 2.86 bits per heavy atom. The van der Waals surface area contributed by atoms with Gasteiger partial charge in [-0.05, 0) is 62.8 Å². The minimum atomic E-state index is 0.0407. The van der Waals surface area contributed by atoms with Crippen LogP contribution in [-0.2, 0) is 0 Å². The quantitative estimate of drug-likeness (QED) is 0.895. The number of aromatic amines is 1. The Kier molecular flexibility index (Phi) is 3.96. The number of aryl methyl sites for hydroxylation is 2. The first-order valence-electron chi connectivity index (χ1n) is 8.02. The minimum Gasteiger partial charge on any atom is -0.396 e. The van der Waals surface area contributed by atoms with Crippen molar-refractivity contribution in [3.8, 4) is 0 Å². The SMILES string of the molecule is Cc1ccc2[nH]c(C(=O)N3CC(CO)CCC3C)cc2c1C. The van der Waals surface area contributed by atoms with Crippen LogP contribution in [0.25, 0.3) is 10.9 Å². The number of benzene rings is 1. The number of carbonyl (C=O) groups is 1. The predicted molar refractivity (Wildman–Crippen MR) is 88.1 cm³/mol. The summed E-state index contributed by atoms with van der Waals surface area (Å²) in [5, 5.41) is 10.5. The summed E-state index contributed by atoms with van der Waals surface area (Å²) in [6.45, 7) is 7.06. The fourth-order valence-corrected chi connectivity index (χ4v) is 3.34. The summed E-state index contributed by atoms with van der Waals surface area (Å²) < 4.78 is 0. The van der Waals surface area contributed by atoms with Crippen LogP contribution in [0, 0.1) is 19.8 Å². The number of aliphatic hydroxyl groups excluding tert-OH is 1. The highest BCUT2D eigenvalue weighted by molar-refractivity contribution is 5.99. The number of fused-ring (bicyclic) bond motifs is 1. The predicted octanol–water partition coefficient (Wildman–Crippen LogP) is 3.02. The number of hydrogen-bond acceptors (Lipinski definition) is 2. The highest BCUT2D eigenvalue weighted by Crippen LogP contribution is 2.26. The Morgan fingerprint density at radius 1 is 1.36 bits per heavy atom. The molecule has 2 unspecified atom stereocenters. The molecule has 1 fully saturated rings. The van der Waals surface area contributed by atoms with Gasteiger partial charge in [-0.2, -0.15) is 0 Å². The van der Waals surface area contributed by atoms with Crippen molar-refractivity contribution in [3.63, 3.8) is 0 Å². The Morgan fingerprint density at radius 2 is 2.14 bits per heavy atom. The Bertz CT molecular complexity index is 704. The smallest absolute Gasteiger partial charge is 0.270 e. The Labute approximate surface area is 131 Å². The topological polar surface area (TPSA) is 56.3 Å². The lowest BCUT2D eigenvalue weighted by atomic mass is 9.94. The van der Waals surface area contributed by atoms with Gasteiger partial charge in [0.15, 0.2) is 0 Å². The molecule has 4 heteroatoms. The first-order chi connectivity index (χ1) is 10.5. The zero-order chi connectivity index (χ0) is 15.9. The number of aromatic nitrogens is 1. The molecule has 0 aliphatic carbocycles. The molecule has 0 radical (unpaired) electrons. The lowest BCUT2D eigenvalue weighted by molar-refractivity contribution is 0.0484. The normalized spacial score (nSPS) is 22.3. The van der Waals surface area contributed by atoms with E-state index >= 15 is 0 Å². The average molecular weight is 300 g/mol. The summed E-state index contributed by atoms with van der Waals surface area (Å²) in [7, 11) is 0. The second-order valence-corrected chi connectivity index (χ2v) is 6.58. The van der Waals surface area contributed by atoms with Gasteiger partial charge in [-0.25, -0.2) is 0 Å². The number of piperidine rings is 1. The Balaban J connectivity index is 1.93. The Hall–Kier alpha value is -1.81. The first kappa shape index (κ1) is 15.1. The molecular weight excluding hydrogens is 276 g/mol. The van der Waals surface area contributed by atoms with Crippen LogP contribution in [0.5, 0.6) is 0 Å². The molecular formula is C18H24N2O2. The molecule has 0 spiro atoms. The monoisotopic (exact) mass is 300 g/mol. The molecule has 118 valence electrons. The summed E-state index contributed by atoms with van der Waals surface area (Å²) in [5.74, 6) is 0.243. The van der Waals surface area contributed by atoms with Gasteiger partial charge in [0.25, 0.3) is 5.91 Å². The van der Waals surface area contributed by atoms with Crippen molar-refractivity contribution in [1.82, 2.24) is 9.88 Å². The van der Waals surface area contributed by atoms with Crippen molar-refractivity contribution in [2.75, 3.05) is 13.2 Å². The number of aliphatic hydroxyl groups is 1. The average Bonchev–Trinajstić information content (AvgIpc) is 2.96. The van der Waals surface area contributed by atoms with Gasteiger partial charge < -0.3 is 15.0 Å². The number of likely N-dealkylation sites (tertiary alicyclic amines) is 1. The lowest BCUT2D eigenvalue weighted by Gasteiger charge is -2.37. The lowest BCUT2D eigenvalue weighted by Crippen LogP contribution is -2.46. The van der Waals surface area contributed by atoms with Crippen LogP contribution in [0.4, 0.5) is 0 Å². The summed E-state index contributed by atoms with van der Waals surface area (Å²) in [6, 6.07) is 6.30. The van der Waals surface area contributed by atoms with E-state index in [0.29, 0.717) is 12.2 Å². The van der Waals surface area contributed by atoms with Gasteiger partial charge in [0.2, 0.25) is 0 Å². The third kappa shape index (κ3) is 2.52. The van der Waals surface area contributed by atoms with E-state index in [1.54, 1.807) is 0 Å². The fourth-order valence-electron chi connectivity index (χ4n) is 3.34. The maximum atomic E-state index is 12.9. The number of amides is 1. The molecule has 2 N–H and O–H groups in total. The number of nitrogens with zero attached hydrogens (tertiary/aromatic N) is 1. The largest absolute Gasteiger partial charge is 0.396 e. The molecule has 1 aliphatic heterocycles. The summed E-state index contributed by atoms with van der Waals surface area (Å²) in [5.41, 5.74) is 4.11. The van der Waals surface area contributed by atoms with Crippen molar-refractivity contribution in [1.29, 1.82) is 0 Å². The molecule has 3 rings (SSSR count). The summed E-state index contributed by atoms with van der Waals surface area (Å²) in [4.78, 5) is 18.0. The van der Waals surface area contributed by atoms with E-state index in [9.17, 15) is 9.90 Å². The van der Waals surface area contributed by atoms with Gasteiger partial charge in [-0.3, -0.25) is 4.79 Å². The van der Waals surface area contributed by atoms with Gasteiger partial charge in [-0.1, -0.05) is 6.07 Å². The molecule has 2 heterocycles. The fraction of sp³-hybridized carbons (Fsp3) is 0.500. The van der Waals surface area contributed by atoms with Crippen molar-refractivity contribution in [2.45, 2.75) is 39.7 Å². The molecule has 4 nitrogen and oxygen atoms in total. The van der Waals surface area contributed by atoms with E-state index in [4.69, 9.17) is 0 Å². The molecule has 0 saturated carbocycles. The molecule has 1 amide bonds. The number of nitrogens with one attached hydrogen (secondary N) is 1. The first-order valence-corrected chi connectivity index (χ1v) is 8.02. The van der Waals surface area contributed by atoms with E-state index in [0.717, 1.165) is 23.7 Å². The molecule has 2 atom stereocenters. The number of rotatable bonds is 2. The number of hydrogen-bond donors (Lipinski definition) is 2. The van der Waals surface area contributed by atoms with Crippen LogP contribution in [-0.4, -0.2) is 40.1 Å². The summed E-state index contributed by atoms with van der Waals surface area (Å²) >= 11 is 0. The van der Waals surface area contributed by atoms with Crippen LogP contribution in [0.15, 0.2) is 18.2 Å². The highest BCUT2D eigenvalue weighted by Gasteiger charge is 2.30. The second kappa shape index (κ2) is 5.76. The molecule has 1 aromatic heterocycles. The van der Waals surface area contributed by atoms with Crippen molar-refractivity contribution >= 4 is 16.8 Å². The van der Waals surface area contributed by atoms with Gasteiger partial charge in [0.1, 0.15) is 5.69 Å². The molecule has 1 aromatic carbocycles. The van der Waals surface area contributed by atoms with Crippen LogP contribution >= 0.6 is 0 Å². The van der Waals surface area contributed by atoms with E-state index < -0.39 is 0 Å². The van der Waals surface area contributed by atoms with Crippen molar-refractivity contribution in [3.05, 3.63) is 35.0 Å². The molecule has 22 heavy (non-hydrogen) atoms. The highest BCUT2D eigenvalue weighted by atomic mass is 16.3. The van der Waals surface area contributed by atoms with E-state index in [2.05, 4.69) is 31.8 Å². The van der Waals surface area contributed by atoms with Crippen LogP contribution in [0.3, 0.4) is 0 Å². The van der Waals surface area contributed by atoms with Crippen molar-refractivity contribution in [2.24, 2.45) is 5.92 Å². The minimum absolute atomic E-state index is 0.0407. The summed E-state index contributed by atoms with van der Waals surface area (Å²) in [6.07, 6.45) is 1.95. The third-order valence-corrected chi connectivity index (χ3v) is 5.07.